The average molecular weight is 151 g/mol. The van der Waals surface area contributed by atoms with Crippen molar-refractivity contribution in [3.05, 3.63) is 11.6 Å². The molecule has 1 nitrogen and oxygen atoms in total. The average Bonchev–Trinajstić information content (AvgIpc) is 2.50. The van der Waals surface area contributed by atoms with Crippen LogP contribution in [-0.2, 0) is 0 Å². The lowest BCUT2D eigenvalue weighted by Gasteiger charge is -2.24. The van der Waals surface area contributed by atoms with Crippen molar-refractivity contribution in [2.75, 3.05) is 6.54 Å². The predicted molar refractivity (Wildman–Crippen MR) is 47.5 cm³/mol. The molecule has 0 bridgehead atoms. The Bertz CT molecular complexity index is 172. The molecule has 1 fully saturated rings. The maximum Gasteiger partial charge on any atom is 0.0136 e. The summed E-state index contributed by atoms with van der Waals surface area (Å²) in [6.45, 7) is 3.52. The number of fused-ring (bicyclic) bond motifs is 1. The Balaban J connectivity index is 2.03. The topological polar surface area (TPSA) is 12.0 Å². The molecule has 0 amide bonds. The zero-order chi connectivity index (χ0) is 7.68. The third-order valence-electron chi connectivity index (χ3n) is 3.14. The van der Waals surface area contributed by atoms with Crippen LogP contribution in [0, 0.1) is 5.92 Å². The summed E-state index contributed by atoms with van der Waals surface area (Å²) in [4.78, 5) is 0. The Labute approximate surface area is 68.9 Å². The highest BCUT2D eigenvalue weighted by molar-refractivity contribution is 5.11. The number of rotatable bonds is 1. The van der Waals surface area contributed by atoms with Crippen molar-refractivity contribution in [1.82, 2.24) is 5.32 Å². The van der Waals surface area contributed by atoms with E-state index in [-0.39, 0.29) is 0 Å². The van der Waals surface area contributed by atoms with Crippen molar-refractivity contribution < 1.29 is 0 Å². The number of hydrogen-bond acceptors (Lipinski definition) is 1. The van der Waals surface area contributed by atoms with Gasteiger partial charge in [-0.25, -0.2) is 0 Å². The molecule has 0 radical (unpaired) electrons. The van der Waals surface area contributed by atoms with Crippen molar-refractivity contribution in [3.63, 3.8) is 0 Å². The van der Waals surface area contributed by atoms with Crippen molar-refractivity contribution in [3.8, 4) is 0 Å². The van der Waals surface area contributed by atoms with E-state index in [9.17, 15) is 0 Å². The van der Waals surface area contributed by atoms with Crippen molar-refractivity contribution in [1.29, 1.82) is 0 Å². The van der Waals surface area contributed by atoms with E-state index in [2.05, 4.69) is 18.3 Å². The summed E-state index contributed by atoms with van der Waals surface area (Å²) in [7, 11) is 0. The highest BCUT2D eigenvalue weighted by atomic mass is 14.9. The van der Waals surface area contributed by atoms with Gasteiger partial charge in [0, 0.05) is 6.04 Å². The van der Waals surface area contributed by atoms with E-state index in [1.165, 1.54) is 32.2 Å². The van der Waals surface area contributed by atoms with Crippen LogP contribution in [0.15, 0.2) is 11.6 Å². The molecule has 62 valence electrons. The van der Waals surface area contributed by atoms with E-state index in [1.807, 2.05) is 0 Å². The molecule has 1 saturated heterocycles. The largest absolute Gasteiger partial charge is 0.313 e. The van der Waals surface area contributed by atoms with E-state index in [4.69, 9.17) is 0 Å². The van der Waals surface area contributed by atoms with Gasteiger partial charge in [-0.1, -0.05) is 18.6 Å². The molecule has 0 spiro atoms. The molecule has 1 aliphatic carbocycles. The van der Waals surface area contributed by atoms with E-state index in [1.54, 1.807) is 5.57 Å². The molecule has 2 aliphatic rings. The minimum atomic E-state index is 0.829. The highest BCUT2D eigenvalue weighted by Gasteiger charge is 2.28. The molecule has 1 heterocycles. The fourth-order valence-corrected chi connectivity index (χ4v) is 2.32. The maximum atomic E-state index is 3.58. The molecule has 2 rings (SSSR count). The van der Waals surface area contributed by atoms with E-state index in [0.29, 0.717) is 0 Å². The summed E-state index contributed by atoms with van der Waals surface area (Å²) in [6, 6.07) is 0.829. The molecule has 2 atom stereocenters. The standard InChI is InChI=1S/C10H17N/c1-2-8-3-4-9-5-6-11-10(9)7-8/h3,9-11H,2,4-7H2,1H3. The van der Waals surface area contributed by atoms with Crippen LogP contribution in [0.1, 0.15) is 32.6 Å². The first-order valence-corrected chi connectivity index (χ1v) is 4.81. The van der Waals surface area contributed by atoms with Gasteiger partial charge < -0.3 is 5.32 Å². The third kappa shape index (κ3) is 1.34. The molecule has 0 aromatic carbocycles. The van der Waals surface area contributed by atoms with Gasteiger partial charge in [-0.05, 0) is 38.1 Å². The summed E-state index contributed by atoms with van der Waals surface area (Å²) in [5.74, 6) is 0.963. The second-order valence-corrected chi connectivity index (χ2v) is 3.77. The third-order valence-corrected chi connectivity index (χ3v) is 3.14. The monoisotopic (exact) mass is 151 g/mol. The van der Waals surface area contributed by atoms with Crippen molar-refractivity contribution >= 4 is 0 Å². The summed E-state index contributed by atoms with van der Waals surface area (Å²) < 4.78 is 0. The van der Waals surface area contributed by atoms with Gasteiger partial charge >= 0.3 is 0 Å². The molecule has 11 heavy (non-hydrogen) atoms. The summed E-state index contributed by atoms with van der Waals surface area (Å²) in [5, 5.41) is 3.58. The fraction of sp³-hybridized carbons (Fsp3) is 0.800. The highest BCUT2D eigenvalue weighted by Crippen LogP contribution is 2.30. The normalized spacial score (nSPS) is 36.6. The summed E-state index contributed by atoms with van der Waals surface area (Å²) in [5.41, 5.74) is 1.67. The number of hydrogen-bond donors (Lipinski definition) is 1. The Hall–Kier alpha value is -0.300. The van der Waals surface area contributed by atoms with Crippen molar-refractivity contribution in [2.24, 2.45) is 5.92 Å². The Morgan fingerprint density at radius 1 is 1.64 bits per heavy atom. The lowest BCUT2D eigenvalue weighted by atomic mass is 9.85. The van der Waals surface area contributed by atoms with Crippen LogP contribution in [0.4, 0.5) is 0 Å². The molecule has 1 heteroatoms. The quantitative estimate of drug-likeness (QED) is 0.566. The smallest absolute Gasteiger partial charge is 0.0136 e. The zero-order valence-corrected chi connectivity index (χ0v) is 7.27. The molecular formula is C10H17N. The van der Waals surface area contributed by atoms with E-state index >= 15 is 0 Å². The zero-order valence-electron chi connectivity index (χ0n) is 7.27. The molecule has 1 N–H and O–H groups in total. The fourth-order valence-electron chi connectivity index (χ4n) is 2.32. The van der Waals surface area contributed by atoms with E-state index < -0.39 is 0 Å². The number of nitrogens with one attached hydrogen (secondary N) is 1. The minimum Gasteiger partial charge on any atom is -0.313 e. The summed E-state index contributed by atoms with van der Waals surface area (Å²) >= 11 is 0. The van der Waals surface area contributed by atoms with Gasteiger partial charge in [0.15, 0.2) is 0 Å². The molecular weight excluding hydrogens is 134 g/mol. The molecule has 2 unspecified atom stereocenters. The lowest BCUT2D eigenvalue weighted by molar-refractivity contribution is 0.424. The van der Waals surface area contributed by atoms with Crippen molar-refractivity contribution in [2.45, 2.75) is 38.6 Å². The Morgan fingerprint density at radius 2 is 2.55 bits per heavy atom. The Morgan fingerprint density at radius 3 is 3.36 bits per heavy atom. The van der Waals surface area contributed by atoms with Gasteiger partial charge in [0.2, 0.25) is 0 Å². The molecule has 0 aromatic heterocycles. The second kappa shape index (κ2) is 2.98. The van der Waals surface area contributed by atoms with Gasteiger partial charge in [-0.2, -0.15) is 0 Å². The SMILES string of the molecule is CCC1=CCC2CCNC2C1. The van der Waals surface area contributed by atoms with Gasteiger partial charge in [0.05, 0.1) is 0 Å². The van der Waals surface area contributed by atoms with Crippen LogP contribution >= 0.6 is 0 Å². The minimum absolute atomic E-state index is 0.829. The second-order valence-electron chi connectivity index (χ2n) is 3.77. The first-order chi connectivity index (χ1) is 5.40. The van der Waals surface area contributed by atoms with Gasteiger partial charge in [0.25, 0.3) is 0 Å². The molecule has 1 aliphatic heterocycles. The van der Waals surface area contributed by atoms with Gasteiger partial charge in [-0.3, -0.25) is 0 Å². The van der Waals surface area contributed by atoms with Crippen LogP contribution in [0.2, 0.25) is 0 Å². The van der Waals surface area contributed by atoms with Crippen LogP contribution in [0.3, 0.4) is 0 Å². The molecule has 0 saturated carbocycles. The van der Waals surface area contributed by atoms with Crippen LogP contribution in [-0.4, -0.2) is 12.6 Å². The first-order valence-electron chi connectivity index (χ1n) is 4.81. The Kier molecular flexibility index (Phi) is 1.99. The molecule has 0 aromatic rings. The van der Waals surface area contributed by atoms with Crippen LogP contribution < -0.4 is 5.32 Å². The predicted octanol–water partition coefficient (Wildman–Crippen LogP) is 2.09. The van der Waals surface area contributed by atoms with E-state index in [0.717, 1.165) is 12.0 Å². The van der Waals surface area contributed by atoms with Crippen LogP contribution in [0.25, 0.3) is 0 Å². The summed E-state index contributed by atoms with van der Waals surface area (Å²) in [6.07, 6.45) is 7.78. The van der Waals surface area contributed by atoms with Gasteiger partial charge in [0.1, 0.15) is 0 Å². The number of allylic oxidation sites excluding steroid dienone is 1. The van der Waals surface area contributed by atoms with Crippen LogP contribution in [0.5, 0.6) is 0 Å². The first kappa shape index (κ1) is 7.35. The van der Waals surface area contributed by atoms with Gasteiger partial charge in [-0.15, -0.1) is 0 Å². The maximum absolute atomic E-state index is 3.58. The lowest BCUT2D eigenvalue weighted by Crippen LogP contribution is -2.29.